The summed E-state index contributed by atoms with van der Waals surface area (Å²) in [5.41, 5.74) is 2.19. The molecule has 31 heavy (non-hydrogen) atoms. The number of carbonyl (C=O) groups is 2. The van der Waals surface area contributed by atoms with Crippen LogP contribution in [0.2, 0.25) is 0 Å². The van der Waals surface area contributed by atoms with Crippen LogP contribution in [0.1, 0.15) is 23.5 Å². The van der Waals surface area contributed by atoms with Crippen molar-refractivity contribution in [2.75, 3.05) is 11.9 Å². The van der Waals surface area contributed by atoms with Crippen molar-refractivity contribution in [1.29, 1.82) is 0 Å². The topological polar surface area (TPSA) is 141 Å². The number of nitrogens with two attached hydrogens (primary N) is 1. The summed E-state index contributed by atoms with van der Waals surface area (Å²) in [6.45, 7) is 3.09. The van der Waals surface area contributed by atoms with E-state index in [0.717, 1.165) is 11.3 Å². The molecule has 1 atom stereocenters. The van der Waals surface area contributed by atoms with Gasteiger partial charge in [-0.1, -0.05) is 18.2 Å². The minimum Gasteiger partial charge on any atom is -0.465 e. The van der Waals surface area contributed by atoms with Gasteiger partial charge in [0.1, 0.15) is 5.01 Å². The Morgan fingerprint density at radius 1 is 1.19 bits per heavy atom. The van der Waals surface area contributed by atoms with Crippen LogP contribution in [0.4, 0.5) is 5.69 Å². The van der Waals surface area contributed by atoms with Gasteiger partial charge < -0.3 is 10.1 Å². The highest BCUT2D eigenvalue weighted by Gasteiger charge is 2.35. The second-order valence-corrected chi connectivity index (χ2v) is 9.22. The van der Waals surface area contributed by atoms with Gasteiger partial charge in [0.15, 0.2) is 10.1 Å². The van der Waals surface area contributed by atoms with Crippen molar-refractivity contribution in [2.45, 2.75) is 24.0 Å². The minimum absolute atomic E-state index is 0.0115. The largest absolute Gasteiger partial charge is 0.465 e. The zero-order valence-corrected chi connectivity index (χ0v) is 18.4. The highest BCUT2D eigenvalue weighted by atomic mass is 32.2. The maximum atomic E-state index is 12.9. The number of nitrogens with zero attached hydrogens (tertiary/aromatic N) is 2. The Morgan fingerprint density at radius 2 is 1.90 bits per heavy atom. The standard InChI is InChI=1S/C20H20N4O5S2/c1-3-29-19(26)16(18-23-12(2)20(30-18)31(21,27)28)17(25)24-14-9-7-13(8-10-14)15-6-4-5-11-22-15/h4-11,16H,3H2,1-2H3,(H,24,25)(H2,21,27,28). The lowest BCUT2D eigenvalue weighted by molar-refractivity contribution is -0.147. The van der Waals surface area contributed by atoms with Crippen molar-refractivity contribution >= 4 is 38.9 Å². The second kappa shape index (κ2) is 9.33. The number of hydrogen-bond donors (Lipinski definition) is 2. The average molecular weight is 461 g/mol. The lowest BCUT2D eigenvalue weighted by Gasteiger charge is -2.14. The molecule has 2 heterocycles. The number of benzene rings is 1. The molecule has 1 amide bonds. The number of aromatic nitrogens is 2. The van der Waals surface area contributed by atoms with Crippen molar-refractivity contribution < 1.29 is 22.7 Å². The summed E-state index contributed by atoms with van der Waals surface area (Å²) in [6, 6.07) is 12.5. The molecular formula is C20H20N4O5S2. The monoisotopic (exact) mass is 460 g/mol. The van der Waals surface area contributed by atoms with E-state index >= 15 is 0 Å². The fourth-order valence-electron chi connectivity index (χ4n) is 2.81. The number of nitrogens with one attached hydrogen (secondary N) is 1. The third-order valence-corrected chi connectivity index (χ3v) is 6.95. The summed E-state index contributed by atoms with van der Waals surface area (Å²) in [4.78, 5) is 33.7. The van der Waals surface area contributed by atoms with Crippen LogP contribution < -0.4 is 10.5 Å². The number of anilines is 1. The van der Waals surface area contributed by atoms with E-state index in [2.05, 4.69) is 15.3 Å². The molecule has 1 aromatic carbocycles. The number of sulfonamides is 1. The van der Waals surface area contributed by atoms with Gasteiger partial charge in [0.05, 0.1) is 18.0 Å². The first-order valence-corrected chi connectivity index (χ1v) is 11.6. The number of thiazole rings is 1. The molecule has 2 aromatic heterocycles. The molecule has 0 aliphatic rings. The van der Waals surface area contributed by atoms with E-state index in [0.29, 0.717) is 17.0 Å². The normalized spacial score (nSPS) is 12.2. The molecule has 0 radical (unpaired) electrons. The molecule has 0 aliphatic heterocycles. The van der Waals surface area contributed by atoms with E-state index in [1.165, 1.54) is 6.92 Å². The Kier molecular flexibility index (Phi) is 6.78. The molecule has 0 saturated heterocycles. The predicted molar refractivity (Wildman–Crippen MR) is 116 cm³/mol. The number of rotatable bonds is 7. The Bertz CT molecular complexity index is 1190. The summed E-state index contributed by atoms with van der Waals surface area (Å²) in [5.74, 6) is -2.96. The number of pyridine rings is 1. The van der Waals surface area contributed by atoms with Gasteiger partial charge in [-0.2, -0.15) is 0 Å². The molecule has 3 rings (SSSR count). The third kappa shape index (κ3) is 5.32. The molecule has 3 aromatic rings. The molecule has 1 unspecified atom stereocenters. The Morgan fingerprint density at radius 3 is 2.45 bits per heavy atom. The van der Waals surface area contributed by atoms with E-state index in [-0.39, 0.29) is 21.5 Å². The average Bonchev–Trinajstić information content (AvgIpc) is 3.11. The SMILES string of the molecule is CCOC(=O)C(C(=O)Nc1ccc(-c2ccccn2)cc1)c1nc(C)c(S(N)(=O)=O)s1. The zero-order valence-electron chi connectivity index (χ0n) is 16.7. The number of aryl methyl sites for hydroxylation is 1. The van der Waals surface area contributed by atoms with E-state index in [4.69, 9.17) is 9.88 Å². The summed E-state index contributed by atoms with van der Waals surface area (Å²) >= 11 is 0.673. The van der Waals surface area contributed by atoms with E-state index in [1.807, 2.05) is 18.2 Å². The van der Waals surface area contributed by atoms with Crippen LogP contribution in [0.15, 0.2) is 52.9 Å². The van der Waals surface area contributed by atoms with Gasteiger partial charge in [-0.15, -0.1) is 11.3 Å². The molecule has 162 valence electrons. The van der Waals surface area contributed by atoms with Crippen LogP contribution in [0, 0.1) is 6.92 Å². The maximum absolute atomic E-state index is 12.9. The van der Waals surface area contributed by atoms with Gasteiger partial charge in [0.2, 0.25) is 15.9 Å². The van der Waals surface area contributed by atoms with E-state index in [1.54, 1.807) is 37.4 Å². The maximum Gasteiger partial charge on any atom is 0.325 e. The van der Waals surface area contributed by atoms with E-state index < -0.39 is 27.8 Å². The van der Waals surface area contributed by atoms with Crippen molar-refractivity contribution in [2.24, 2.45) is 5.14 Å². The summed E-state index contributed by atoms with van der Waals surface area (Å²) < 4.78 is 28.2. The number of primary sulfonamides is 1. The highest BCUT2D eigenvalue weighted by molar-refractivity contribution is 7.91. The number of esters is 1. The molecule has 0 saturated carbocycles. The molecule has 0 spiro atoms. The first kappa shape index (κ1) is 22.5. The molecule has 11 heteroatoms. The van der Waals surface area contributed by atoms with Crippen molar-refractivity contribution in [3.63, 3.8) is 0 Å². The fourth-order valence-corrected chi connectivity index (χ4v) is 4.87. The summed E-state index contributed by atoms with van der Waals surface area (Å²) in [5, 5.41) is 7.83. The van der Waals surface area contributed by atoms with Gasteiger partial charge in [-0.25, -0.2) is 18.5 Å². The van der Waals surface area contributed by atoms with Gasteiger partial charge >= 0.3 is 5.97 Å². The smallest absolute Gasteiger partial charge is 0.325 e. The Balaban J connectivity index is 1.87. The van der Waals surface area contributed by atoms with Crippen molar-refractivity contribution in [3.05, 3.63) is 59.4 Å². The van der Waals surface area contributed by atoms with Crippen molar-refractivity contribution in [1.82, 2.24) is 9.97 Å². The van der Waals surface area contributed by atoms with Crippen molar-refractivity contribution in [3.8, 4) is 11.3 Å². The summed E-state index contributed by atoms with van der Waals surface area (Å²) in [6.07, 6.45) is 1.68. The van der Waals surface area contributed by atoms with Crippen LogP contribution in [0.25, 0.3) is 11.3 Å². The van der Waals surface area contributed by atoms with Gasteiger partial charge in [0, 0.05) is 17.4 Å². The predicted octanol–water partition coefficient (Wildman–Crippen LogP) is 2.45. The molecular weight excluding hydrogens is 440 g/mol. The third-order valence-electron chi connectivity index (χ3n) is 4.17. The van der Waals surface area contributed by atoms with Gasteiger partial charge in [-0.3, -0.25) is 14.6 Å². The highest BCUT2D eigenvalue weighted by Crippen LogP contribution is 2.30. The van der Waals surface area contributed by atoms with Crippen LogP contribution in [-0.4, -0.2) is 36.9 Å². The molecule has 0 fully saturated rings. The second-order valence-electron chi connectivity index (χ2n) is 6.44. The number of hydrogen-bond acceptors (Lipinski definition) is 8. The molecule has 0 bridgehead atoms. The first-order chi connectivity index (χ1) is 14.7. The van der Waals surface area contributed by atoms with Crippen LogP contribution in [0.5, 0.6) is 0 Å². The Labute approximate surface area is 183 Å². The number of ether oxygens (including phenoxy) is 1. The van der Waals surface area contributed by atoms with Gasteiger partial charge in [-0.05, 0) is 38.1 Å². The lowest BCUT2D eigenvalue weighted by atomic mass is 10.1. The zero-order chi connectivity index (χ0) is 22.6. The Hall–Kier alpha value is -3.15. The quantitative estimate of drug-likeness (QED) is 0.407. The fraction of sp³-hybridized carbons (Fsp3) is 0.200. The van der Waals surface area contributed by atoms with E-state index in [9.17, 15) is 18.0 Å². The number of carbonyl (C=O) groups excluding carboxylic acids is 2. The number of amides is 1. The minimum atomic E-state index is -4.03. The lowest BCUT2D eigenvalue weighted by Crippen LogP contribution is -2.29. The molecule has 9 nitrogen and oxygen atoms in total. The van der Waals surface area contributed by atoms with Crippen LogP contribution >= 0.6 is 11.3 Å². The van der Waals surface area contributed by atoms with Gasteiger partial charge in [0.25, 0.3) is 0 Å². The summed E-state index contributed by atoms with van der Waals surface area (Å²) in [7, 11) is -4.03. The first-order valence-electron chi connectivity index (χ1n) is 9.19. The molecule has 3 N–H and O–H groups in total. The van der Waals surface area contributed by atoms with Crippen LogP contribution in [-0.2, 0) is 24.3 Å². The van der Waals surface area contributed by atoms with Crippen LogP contribution in [0.3, 0.4) is 0 Å². The molecule has 0 aliphatic carbocycles.